The van der Waals surface area contributed by atoms with Crippen molar-refractivity contribution in [3.05, 3.63) is 76.7 Å². The number of carbonyl (C=O) groups excluding carboxylic acids is 2. The van der Waals surface area contributed by atoms with Gasteiger partial charge in [0.15, 0.2) is 0 Å². The van der Waals surface area contributed by atoms with E-state index in [0.717, 1.165) is 23.4 Å². The standard InChI is InChI=1S/C26H28FN5O2/c1-5-19-9-6-7-12-23(19)29-24(33)15-31(4)16-25(34)30-26-22(14-28)17(2)18(3)32(26)21-11-8-10-20(27)13-21/h6-13H,5,15-16H2,1-4H3,(H,29,33)(H,30,34). The molecule has 0 saturated carbocycles. The Morgan fingerprint density at radius 1 is 1.06 bits per heavy atom. The second-order valence-electron chi connectivity index (χ2n) is 8.14. The van der Waals surface area contributed by atoms with Gasteiger partial charge in [-0.25, -0.2) is 4.39 Å². The summed E-state index contributed by atoms with van der Waals surface area (Å²) < 4.78 is 15.5. The van der Waals surface area contributed by atoms with Crippen LogP contribution < -0.4 is 10.6 Å². The van der Waals surface area contributed by atoms with Crippen LogP contribution in [0.2, 0.25) is 0 Å². The Labute approximate surface area is 198 Å². The molecule has 8 heteroatoms. The van der Waals surface area contributed by atoms with Crippen LogP contribution in [0.15, 0.2) is 48.5 Å². The molecule has 0 radical (unpaired) electrons. The number of rotatable bonds is 8. The van der Waals surface area contributed by atoms with E-state index in [1.807, 2.05) is 31.2 Å². The Kier molecular flexibility index (Phi) is 7.82. The number of carbonyl (C=O) groups is 2. The first kappa shape index (κ1) is 24.7. The number of para-hydroxylation sites is 1. The maximum absolute atomic E-state index is 13.9. The molecule has 3 rings (SSSR count). The van der Waals surface area contributed by atoms with Crippen LogP contribution in [-0.4, -0.2) is 41.4 Å². The van der Waals surface area contributed by atoms with Crippen molar-refractivity contribution in [1.82, 2.24) is 9.47 Å². The summed E-state index contributed by atoms with van der Waals surface area (Å²) >= 11 is 0. The zero-order valence-corrected chi connectivity index (χ0v) is 19.8. The summed E-state index contributed by atoms with van der Waals surface area (Å²) in [6, 6.07) is 15.7. The Hall–Kier alpha value is -3.96. The summed E-state index contributed by atoms with van der Waals surface area (Å²) in [4.78, 5) is 26.9. The molecule has 3 aromatic rings. The smallest absolute Gasteiger partial charge is 0.239 e. The van der Waals surface area contributed by atoms with E-state index >= 15 is 0 Å². The number of amides is 2. The molecule has 1 aromatic heterocycles. The minimum Gasteiger partial charge on any atom is -0.325 e. The zero-order chi connectivity index (χ0) is 24.8. The summed E-state index contributed by atoms with van der Waals surface area (Å²) in [5, 5.41) is 15.4. The van der Waals surface area contributed by atoms with Gasteiger partial charge in [-0.1, -0.05) is 31.2 Å². The number of benzene rings is 2. The Morgan fingerprint density at radius 2 is 1.74 bits per heavy atom. The minimum absolute atomic E-state index is 0.0134. The van der Waals surface area contributed by atoms with Crippen molar-refractivity contribution in [3.8, 4) is 11.8 Å². The fourth-order valence-corrected chi connectivity index (χ4v) is 3.86. The zero-order valence-electron chi connectivity index (χ0n) is 19.8. The number of nitriles is 1. The van der Waals surface area contributed by atoms with Gasteiger partial charge in [0.25, 0.3) is 0 Å². The quantitative estimate of drug-likeness (QED) is 0.527. The number of nitrogens with one attached hydrogen (secondary N) is 2. The fraction of sp³-hybridized carbons (Fsp3) is 0.269. The highest BCUT2D eigenvalue weighted by Gasteiger charge is 2.22. The largest absolute Gasteiger partial charge is 0.325 e. The molecule has 2 N–H and O–H groups in total. The second-order valence-corrected chi connectivity index (χ2v) is 8.14. The summed E-state index contributed by atoms with van der Waals surface area (Å²) in [6.45, 7) is 5.55. The lowest BCUT2D eigenvalue weighted by atomic mass is 10.1. The summed E-state index contributed by atoms with van der Waals surface area (Å²) in [6.07, 6.45) is 0.791. The number of likely N-dealkylation sites (N-methyl/N-ethyl adjacent to an activating group) is 1. The van der Waals surface area contributed by atoms with E-state index in [2.05, 4.69) is 16.7 Å². The van der Waals surface area contributed by atoms with Crippen molar-refractivity contribution in [2.75, 3.05) is 30.8 Å². The number of hydrogen-bond donors (Lipinski definition) is 2. The lowest BCUT2D eigenvalue weighted by Crippen LogP contribution is -2.36. The molecule has 0 unspecified atom stereocenters. The normalized spacial score (nSPS) is 10.7. The minimum atomic E-state index is -0.422. The number of aryl methyl sites for hydroxylation is 1. The summed E-state index contributed by atoms with van der Waals surface area (Å²) in [7, 11) is 1.66. The molecule has 0 aliphatic heterocycles. The van der Waals surface area contributed by atoms with Crippen molar-refractivity contribution < 1.29 is 14.0 Å². The molecule has 0 saturated heterocycles. The van der Waals surface area contributed by atoms with Crippen LogP contribution in [0.3, 0.4) is 0 Å². The molecule has 0 bridgehead atoms. The van der Waals surface area contributed by atoms with Gasteiger partial charge in [-0.3, -0.25) is 19.1 Å². The van der Waals surface area contributed by atoms with Crippen LogP contribution in [0.25, 0.3) is 5.69 Å². The molecule has 34 heavy (non-hydrogen) atoms. The highest BCUT2D eigenvalue weighted by Crippen LogP contribution is 2.30. The molecule has 2 aromatic carbocycles. The van der Waals surface area contributed by atoms with Crippen molar-refractivity contribution in [3.63, 3.8) is 0 Å². The lowest BCUT2D eigenvalue weighted by molar-refractivity contribution is -0.119. The lowest BCUT2D eigenvalue weighted by Gasteiger charge is -2.18. The molecule has 0 spiro atoms. The molecule has 7 nitrogen and oxygen atoms in total. The van der Waals surface area contributed by atoms with E-state index in [-0.39, 0.29) is 24.8 Å². The van der Waals surface area contributed by atoms with Gasteiger partial charge in [0.2, 0.25) is 11.8 Å². The van der Waals surface area contributed by atoms with Gasteiger partial charge >= 0.3 is 0 Å². The van der Waals surface area contributed by atoms with E-state index < -0.39 is 11.7 Å². The van der Waals surface area contributed by atoms with Gasteiger partial charge in [0, 0.05) is 11.4 Å². The monoisotopic (exact) mass is 461 g/mol. The highest BCUT2D eigenvalue weighted by molar-refractivity contribution is 5.95. The van der Waals surface area contributed by atoms with E-state index in [1.165, 1.54) is 12.1 Å². The first-order valence-electron chi connectivity index (χ1n) is 11.0. The Bertz CT molecular complexity index is 1260. The van der Waals surface area contributed by atoms with Crippen LogP contribution in [-0.2, 0) is 16.0 Å². The molecule has 0 aliphatic rings. The maximum Gasteiger partial charge on any atom is 0.239 e. The number of aromatic nitrogens is 1. The summed E-state index contributed by atoms with van der Waals surface area (Å²) in [5.41, 5.74) is 4.02. The van der Waals surface area contributed by atoms with E-state index in [0.29, 0.717) is 16.8 Å². The van der Waals surface area contributed by atoms with Gasteiger partial charge in [0.05, 0.1) is 24.3 Å². The molecular weight excluding hydrogens is 433 g/mol. The highest BCUT2D eigenvalue weighted by atomic mass is 19.1. The molecule has 2 amide bonds. The maximum atomic E-state index is 13.9. The molecular formula is C26H28FN5O2. The molecule has 0 atom stereocenters. The summed E-state index contributed by atoms with van der Waals surface area (Å²) in [5.74, 6) is -0.767. The van der Waals surface area contributed by atoms with Crippen LogP contribution in [0.5, 0.6) is 0 Å². The van der Waals surface area contributed by atoms with Gasteiger partial charge in [-0.15, -0.1) is 0 Å². The SMILES string of the molecule is CCc1ccccc1NC(=O)CN(C)CC(=O)Nc1c(C#N)c(C)c(C)n1-c1cccc(F)c1. The number of hydrogen-bond acceptors (Lipinski definition) is 4. The third-order valence-electron chi connectivity index (χ3n) is 5.65. The Balaban J connectivity index is 1.73. The average molecular weight is 462 g/mol. The van der Waals surface area contributed by atoms with E-state index in [9.17, 15) is 19.2 Å². The molecule has 1 heterocycles. The molecule has 176 valence electrons. The second kappa shape index (κ2) is 10.8. The van der Waals surface area contributed by atoms with E-state index in [4.69, 9.17) is 0 Å². The third kappa shape index (κ3) is 5.50. The van der Waals surface area contributed by atoms with Crippen molar-refractivity contribution in [1.29, 1.82) is 5.26 Å². The Morgan fingerprint density at radius 3 is 2.38 bits per heavy atom. The van der Waals surface area contributed by atoms with E-state index in [1.54, 1.807) is 42.5 Å². The van der Waals surface area contributed by atoms with Crippen LogP contribution in [0, 0.1) is 31.0 Å². The fourth-order valence-electron chi connectivity index (χ4n) is 3.86. The van der Waals surface area contributed by atoms with Crippen LogP contribution in [0.4, 0.5) is 15.9 Å². The van der Waals surface area contributed by atoms with Gasteiger partial charge in [0.1, 0.15) is 17.7 Å². The van der Waals surface area contributed by atoms with Crippen LogP contribution >= 0.6 is 0 Å². The topological polar surface area (TPSA) is 90.2 Å². The molecule has 0 fully saturated rings. The average Bonchev–Trinajstić information content (AvgIpc) is 3.02. The van der Waals surface area contributed by atoms with Gasteiger partial charge in [-0.2, -0.15) is 5.26 Å². The van der Waals surface area contributed by atoms with Gasteiger partial charge in [-0.05, 0) is 62.7 Å². The first-order valence-corrected chi connectivity index (χ1v) is 11.0. The predicted octanol–water partition coefficient (Wildman–Crippen LogP) is 4.18. The number of nitrogens with zero attached hydrogens (tertiary/aromatic N) is 3. The number of halogens is 1. The first-order chi connectivity index (χ1) is 16.2. The predicted molar refractivity (Wildman–Crippen MR) is 130 cm³/mol. The van der Waals surface area contributed by atoms with Crippen molar-refractivity contribution >= 4 is 23.3 Å². The van der Waals surface area contributed by atoms with Gasteiger partial charge < -0.3 is 10.6 Å². The van der Waals surface area contributed by atoms with Crippen molar-refractivity contribution in [2.24, 2.45) is 0 Å². The van der Waals surface area contributed by atoms with Crippen LogP contribution in [0.1, 0.15) is 29.3 Å². The third-order valence-corrected chi connectivity index (χ3v) is 5.65. The number of anilines is 2. The van der Waals surface area contributed by atoms with Crippen molar-refractivity contribution in [2.45, 2.75) is 27.2 Å². The molecule has 0 aliphatic carbocycles.